The van der Waals surface area contributed by atoms with Gasteiger partial charge in [-0.25, -0.2) is 0 Å². The monoisotopic (exact) mass is 203 g/mol. The lowest BCUT2D eigenvalue weighted by atomic mass is 9.98. The van der Waals surface area contributed by atoms with Gasteiger partial charge in [0, 0.05) is 18.6 Å². The molecule has 1 aromatic rings. The Morgan fingerprint density at radius 3 is 2.60 bits per heavy atom. The maximum Gasteiger partial charge on any atom is 0.0710 e. The van der Waals surface area contributed by atoms with E-state index in [4.69, 9.17) is 0 Å². The summed E-state index contributed by atoms with van der Waals surface area (Å²) in [5.41, 5.74) is 1.36. The van der Waals surface area contributed by atoms with Crippen molar-refractivity contribution in [2.45, 2.75) is 44.0 Å². The van der Waals surface area contributed by atoms with Crippen LogP contribution in [0.2, 0.25) is 0 Å². The summed E-state index contributed by atoms with van der Waals surface area (Å²) >= 11 is 0. The molecule has 0 saturated carbocycles. The van der Waals surface area contributed by atoms with Crippen LogP contribution in [0.1, 0.15) is 24.8 Å². The molecule has 2 aliphatic rings. The molecule has 3 atom stereocenters. The normalized spacial score (nSPS) is 34.9. The maximum atomic E-state index is 9.83. The van der Waals surface area contributed by atoms with E-state index in [9.17, 15) is 5.11 Å². The lowest BCUT2D eigenvalue weighted by Gasteiger charge is -2.22. The van der Waals surface area contributed by atoms with Crippen molar-refractivity contribution in [2.75, 3.05) is 0 Å². The van der Waals surface area contributed by atoms with Crippen molar-refractivity contribution in [1.82, 2.24) is 4.90 Å². The first kappa shape index (κ1) is 9.37. The molecule has 2 fully saturated rings. The van der Waals surface area contributed by atoms with Crippen molar-refractivity contribution in [2.24, 2.45) is 0 Å². The van der Waals surface area contributed by atoms with Gasteiger partial charge in [-0.1, -0.05) is 30.3 Å². The summed E-state index contributed by atoms with van der Waals surface area (Å²) in [7, 11) is 0. The molecule has 0 aromatic heterocycles. The third kappa shape index (κ3) is 1.58. The lowest BCUT2D eigenvalue weighted by Crippen LogP contribution is -2.31. The number of hydrogen-bond donors (Lipinski definition) is 1. The highest BCUT2D eigenvalue weighted by molar-refractivity contribution is 5.16. The zero-order valence-corrected chi connectivity index (χ0v) is 8.84. The van der Waals surface area contributed by atoms with Gasteiger partial charge in [0.2, 0.25) is 0 Å². The molecule has 2 heteroatoms. The van der Waals surface area contributed by atoms with E-state index in [1.54, 1.807) is 0 Å². The molecule has 0 radical (unpaired) electrons. The van der Waals surface area contributed by atoms with E-state index in [0.29, 0.717) is 12.1 Å². The summed E-state index contributed by atoms with van der Waals surface area (Å²) in [6, 6.07) is 11.6. The van der Waals surface area contributed by atoms with E-state index in [0.717, 1.165) is 13.0 Å². The Kier molecular flexibility index (Phi) is 2.26. The SMILES string of the molecule is O[C@@H]1C[C@H]2CC[C@@H]1N2Cc1ccccc1. The minimum atomic E-state index is -0.0764. The molecule has 2 nitrogen and oxygen atoms in total. The molecule has 15 heavy (non-hydrogen) atoms. The van der Waals surface area contributed by atoms with Gasteiger partial charge in [-0.15, -0.1) is 0 Å². The molecular weight excluding hydrogens is 186 g/mol. The van der Waals surface area contributed by atoms with Gasteiger partial charge in [0.05, 0.1) is 6.10 Å². The summed E-state index contributed by atoms with van der Waals surface area (Å²) < 4.78 is 0. The first-order valence-electron chi connectivity index (χ1n) is 5.82. The van der Waals surface area contributed by atoms with Crippen LogP contribution in [0.25, 0.3) is 0 Å². The number of fused-ring (bicyclic) bond motifs is 2. The van der Waals surface area contributed by atoms with Gasteiger partial charge in [0.15, 0.2) is 0 Å². The van der Waals surface area contributed by atoms with Crippen molar-refractivity contribution < 1.29 is 5.11 Å². The van der Waals surface area contributed by atoms with E-state index >= 15 is 0 Å². The molecule has 2 bridgehead atoms. The van der Waals surface area contributed by atoms with Crippen molar-refractivity contribution in [3.8, 4) is 0 Å². The van der Waals surface area contributed by atoms with E-state index in [-0.39, 0.29) is 6.10 Å². The first-order valence-corrected chi connectivity index (χ1v) is 5.82. The van der Waals surface area contributed by atoms with Crippen molar-refractivity contribution in [3.63, 3.8) is 0 Å². The van der Waals surface area contributed by atoms with E-state index in [1.165, 1.54) is 18.4 Å². The van der Waals surface area contributed by atoms with E-state index < -0.39 is 0 Å². The minimum absolute atomic E-state index is 0.0764. The fourth-order valence-corrected chi connectivity index (χ4v) is 3.11. The second kappa shape index (κ2) is 3.62. The summed E-state index contributed by atoms with van der Waals surface area (Å²) in [5, 5.41) is 9.83. The number of rotatable bonds is 2. The molecule has 0 amide bonds. The predicted molar refractivity (Wildman–Crippen MR) is 59.4 cm³/mol. The second-order valence-corrected chi connectivity index (χ2v) is 4.76. The molecule has 0 spiro atoms. The predicted octanol–water partition coefficient (Wildman–Crippen LogP) is 1.78. The van der Waals surface area contributed by atoms with Crippen molar-refractivity contribution in [3.05, 3.63) is 35.9 Å². The van der Waals surface area contributed by atoms with Gasteiger partial charge in [-0.2, -0.15) is 0 Å². The Hall–Kier alpha value is -0.860. The van der Waals surface area contributed by atoms with Crippen LogP contribution in [0, 0.1) is 0 Å². The summed E-state index contributed by atoms with van der Waals surface area (Å²) in [4.78, 5) is 2.49. The molecule has 2 saturated heterocycles. The van der Waals surface area contributed by atoms with Crippen molar-refractivity contribution in [1.29, 1.82) is 0 Å². The Morgan fingerprint density at radius 1 is 1.20 bits per heavy atom. The van der Waals surface area contributed by atoms with Crippen LogP contribution in [0.5, 0.6) is 0 Å². The lowest BCUT2D eigenvalue weighted by molar-refractivity contribution is 0.119. The third-order valence-corrected chi connectivity index (χ3v) is 3.86. The molecule has 0 aliphatic carbocycles. The molecule has 3 rings (SSSR count). The average molecular weight is 203 g/mol. The fraction of sp³-hybridized carbons (Fsp3) is 0.538. The molecule has 1 aromatic carbocycles. The van der Waals surface area contributed by atoms with E-state index in [1.807, 2.05) is 0 Å². The first-order chi connectivity index (χ1) is 7.34. The number of aliphatic hydroxyl groups excluding tert-OH is 1. The Morgan fingerprint density at radius 2 is 2.00 bits per heavy atom. The van der Waals surface area contributed by atoms with Crippen LogP contribution in [-0.2, 0) is 6.54 Å². The highest BCUT2D eigenvalue weighted by Gasteiger charge is 2.44. The van der Waals surface area contributed by atoms with Crippen LogP contribution in [0.3, 0.4) is 0 Å². The van der Waals surface area contributed by atoms with Gasteiger partial charge in [-0.3, -0.25) is 4.90 Å². The van der Waals surface area contributed by atoms with Crippen molar-refractivity contribution >= 4 is 0 Å². The third-order valence-electron chi connectivity index (χ3n) is 3.86. The minimum Gasteiger partial charge on any atom is -0.391 e. The topological polar surface area (TPSA) is 23.5 Å². The van der Waals surface area contributed by atoms with Crippen LogP contribution in [0.4, 0.5) is 0 Å². The highest BCUT2D eigenvalue weighted by Crippen LogP contribution is 2.38. The summed E-state index contributed by atoms with van der Waals surface area (Å²) in [5.74, 6) is 0. The molecular formula is C13H17NO. The molecule has 2 aliphatic heterocycles. The molecule has 1 N–H and O–H groups in total. The highest BCUT2D eigenvalue weighted by atomic mass is 16.3. The number of nitrogens with zero attached hydrogens (tertiary/aromatic N) is 1. The van der Waals surface area contributed by atoms with Crippen LogP contribution >= 0.6 is 0 Å². The number of aliphatic hydroxyl groups is 1. The van der Waals surface area contributed by atoms with Gasteiger partial charge >= 0.3 is 0 Å². The largest absolute Gasteiger partial charge is 0.391 e. The van der Waals surface area contributed by atoms with Crippen LogP contribution < -0.4 is 0 Å². The average Bonchev–Trinajstić information content (AvgIpc) is 2.76. The molecule has 2 heterocycles. The molecule has 80 valence electrons. The zero-order valence-electron chi connectivity index (χ0n) is 8.84. The fourth-order valence-electron chi connectivity index (χ4n) is 3.11. The number of benzene rings is 1. The van der Waals surface area contributed by atoms with Crippen LogP contribution in [0.15, 0.2) is 30.3 Å². The van der Waals surface area contributed by atoms with Gasteiger partial charge < -0.3 is 5.11 Å². The Labute approximate surface area is 90.5 Å². The smallest absolute Gasteiger partial charge is 0.0710 e. The van der Waals surface area contributed by atoms with Crippen LogP contribution in [-0.4, -0.2) is 28.2 Å². The van der Waals surface area contributed by atoms with Gasteiger partial charge in [0.1, 0.15) is 0 Å². The van der Waals surface area contributed by atoms with Gasteiger partial charge in [0.25, 0.3) is 0 Å². The Bertz CT molecular complexity index is 338. The molecule has 0 unspecified atom stereocenters. The van der Waals surface area contributed by atoms with E-state index in [2.05, 4.69) is 35.2 Å². The standard InChI is InChI=1S/C13H17NO/c15-13-8-11-6-7-12(13)14(11)9-10-4-2-1-3-5-10/h1-5,11-13,15H,6-9H2/t11-,12+,13-/m1/s1. The Balaban J connectivity index is 1.75. The summed E-state index contributed by atoms with van der Waals surface area (Å²) in [6.45, 7) is 1.01. The zero-order chi connectivity index (χ0) is 10.3. The quantitative estimate of drug-likeness (QED) is 0.792. The van der Waals surface area contributed by atoms with Gasteiger partial charge in [-0.05, 0) is 24.8 Å². The number of hydrogen-bond acceptors (Lipinski definition) is 2. The maximum absolute atomic E-state index is 9.83. The summed E-state index contributed by atoms with van der Waals surface area (Å²) in [6.07, 6.45) is 3.36. The second-order valence-electron chi connectivity index (χ2n) is 4.76.